The number of ether oxygens (including phenoxy) is 2. The SMILES string of the molecule is COCCOCC1CCN(C(=O)c2ccccc2SC(C)C(=O)O)C1. The largest absolute Gasteiger partial charge is 0.480 e. The van der Waals surface area contributed by atoms with Gasteiger partial charge in [-0.1, -0.05) is 12.1 Å². The van der Waals surface area contributed by atoms with Gasteiger partial charge >= 0.3 is 5.97 Å². The number of thioether (sulfide) groups is 1. The topological polar surface area (TPSA) is 76.1 Å². The van der Waals surface area contributed by atoms with Crippen molar-refractivity contribution in [2.24, 2.45) is 5.92 Å². The number of amides is 1. The van der Waals surface area contributed by atoms with Gasteiger partial charge in [0.1, 0.15) is 5.25 Å². The predicted molar refractivity (Wildman–Crippen MR) is 96.1 cm³/mol. The van der Waals surface area contributed by atoms with Crippen molar-refractivity contribution in [3.05, 3.63) is 29.8 Å². The number of nitrogens with zero attached hydrogens (tertiary/aromatic N) is 1. The van der Waals surface area contributed by atoms with Crippen LogP contribution in [-0.2, 0) is 14.3 Å². The molecule has 1 saturated heterocycles. The highest BCUT2D eigenvalue weighted by Gasteiger charge is 2.28. The molecule has 1 aliphatic heterocycles. The number of carboxylic acids is 1. The Morgan fingerprint density at radius 3 is 2.84 bits per heavy atom. The Bertz CT molecular complexity index is 595. The molecule has 1 fully saturated rings. The van der Waals surface area contributed by atoms with Crippen LogP contribution in [0.4, 0.5) is 0 Å². The van der Waals surface area contributed by atoms with Gasteiger partial charge in [0.2, 0.25) is 0 Å². The summed E-state index contributed by atoms with van der Waals surface area (Å²) in [6, 6.07) is 7.20. The second-order valence-corrected chi connectivity index (χ2v) is 7.45. The molecule has 0 aromatic heterocycles. The Kier molecular flexibility index (Phi) is 7.74. The Labute approximate surface area is 152 Å². The summed E-state index contributed by atoms with van der Waals surface area (Å²) in [5.41, 5.74) is 0.571. The number of aliphatic carboxylic acids is 1. The zero-order valence-corrected chi connectivity index (χ0v) is 15.5. The van der Waals surface area contributed by atoms with Gasteiger partial charge in [-0.2, -0.15) is 0 Å². The predicted octanol–water partition coefficient (Wildman–Crippen LogP) is 2.38. The van der Waals surface area contributed by atoms with Crippen LogP contribution in [0.2, 0.25) is 0 Å². The van der Waals surface area contributed by atoms with Gasteiger partial charge in [-0.3, -0.25) is 9.59 Å². The van der Waals surface area contributed by atoms with Gasteiger partial charge < -0.3 is 19.5 Å². The molecule has 0 bridgehead atoms. The average Bonchev–Trinajstić information content (AvgIpc) is 3.07. The molecule has 2 atom stereocenters. The first kappa shape index (κ1) is 19.8. The summed E-state index contributed by atoms with van der Waals surface area (Å²) in [6.45, 7) is 4.75. The van der Waals surface area contributed by atoms with E-state index < -0.39 is 11.2 Å². The highest BCUT2D eigenvalue weighted by molar-refractivity contribution is 8.00. The summed E-state index contributed by atoms with van der Waals surface area (Å²) in [5, 5.41) is 8.50. The molecular weight excluding hydrogens is 342 g/mol. The number of likely N-dealkylation sites (tertiary alicyclic amines) is 1. The van der Waals surface area contributed by atoms with Crippen LogP contribution in [0, 0.1) is 5.92 Å². The van der Waals surface area contributed by atoms with Gasteiger partial charge in [0, 0.05) is 31.0 Å². The first-order valence-corrected chi connectivity index (χ1v) is 9.25. The van der Waals surface area contributed by atoms with Gasteiger partial charge in [-0.05, 0) is 25.5 Å². The first-order valence-electron chi connectivity index (χ1n) is 8.37. The van der Waals surface area contributed by atoms with Crippen LogP contribution in [0.3, 0.4) is 0 Å². The van der Waals surface area contributed by atoms with E-state index in [0.717, 1.165) is 6.42 Å². The van der Waals surface area contributed by atoms with Gasteiger partial charge in [0.25, 0.3) is 5.91 Å². The van der Waals surface area contributed by atoms with Crippen molar-refractivity contribution in [3.63, 3.8) is 0 Å². The lowest BCUT2D eigenvalue weighted by atomic mass is 10.1. The maximum atomic E-state index is 12.8. The molecule has 0 saturated carbocycles. The second-order valence-electron chi connectivity index (χ2n) is 6.07. The molecule has 1 N–H and O–H groups in total. The summed E-state index contributed by atoms with van der Waals surface area (Å²) < 4.78 is 10.5. The first-order chi connectivity index (χ1) is 12.0. The Hall–Kier alpha value is -1.57. The Balaban J connectivity index is 1.96. The normalized spacial score (nSPS) is 18.3. The fourth-order valence-electron chi connectivity index (χ4n) is 2.70. The third-order valence-electron chi connectivity index (χ3n) is 4.13. The molecule has 1 heterocycles. The summed E-state index contributed by atoms with van der Waals surface area (Å²) >= 11 is 1.20. The minimum Gasteiger partial charge on any atom is -0.480 e. The van der Waals surface area contributed by atoms with Gasteiger partial charge in [0.05, 0.1) is 25.4 Å². The molecule has 0 aliphatic carbocycles. The third-order valence-corrected chi connectivity index (χ3v) is 5.29. The van der Waals surface area contributed by atoms with Gasteiger partial charge in [-0.15, -0.1) is 11.8 Å². The minimum absolute atomic E-state index is 0.0416. The lowest BCUT2D eigenvalue weighted by Crippen LogP contribution is -2.30. The zero-order valence-electron chi connectivity index (χ0n) is 14.6. The number of benzene rings is 1. The summed E-state index contributed by atoms with van der Waals surface area (Å²) in [7, 11) is 1.64. The molecule has 6 nitrogen and oxygen atoms in total. The van der Waals surface area contributed by atoms with Crippen molar-refractivity contribution in [2.75, 3.05) is 40.0 Å². The molecule has 2 rings (SSSR count). The third kappa shape index (κ3) is 5.73. The molecule has 1 amide bonds. The molecule has 1 aromatic rings. The molecule has 0 radical (unpaired) electrons. The molecule has 25 heavy (non-hydrogen) atoms. The van der Waals surface area contributed by atoms with E-state index in [4.69, 9.17) is 14.6 Å². The monoisotopic (exact) mass is 367 g/mol. The molecule has 0 spiro atoms. The highest BCUT2D eigenvalue weighted by Crippen LogP contribution is 2.29. The maximum Gasteiger partial charge on any atom is 0.316 e. The zero-order chi connectivity index (χ0) is 18.2. The van der Waals surface area contributed by atoms with Crippen molar-refractivity contribution in [1.82, 2.24) is 4.90 Å². The van der Waals surface area contributed by atoms with E-state index in [1.807, 2.05) is 17.0 Å². The molecular formula is C18H25NO5S. The number of carbonyl (C=O) groups excluding carboxylic acids is 1. The standard InChI is InChI=1S/C18H25NO5S/c1-13(18(21)22)25-16-6-4-3-5-15(16)17(20)19-8-7-14(11-19)12-24-10-9-23-2/h3-6,13-14H,7-12H2,1-2H3,(H,21,22). The van der Waals surface area contributed by atoms with E-state index in [1.165, 1.54) is 11.8 Å². The molecule has 1 aliphatic rings. The van der Waals surface area contributed by atoms with E-state index in [9.17, 15) is 9.59 Å². The van der Waals surface area contributed by atoms with E-state index in [0.29, 0.717) is 49.3 Å². The Morgan fingerprint density at radius 2 is 2.12 bits per heavy atom. The fraction of sp³-hybridized carbons (Fsp3) is 0.556. The molecule has 2 unspecified atom stereocenters. The average molecular weight is 367 g/mol. The summed E-state index contributed by atoms with van der Waals surface area (Å²) in [4.78, 5) is 26.5. The van der Waals surface area contributed by atoms with Crippen LogP contribution in [0.5, 0.6) is 0 Å². The van der Waals surface area contributed by atoms with Crippen LogP contribution in [0.25, 0.3) is 0 Å². The van der Waals surface area contributed by atoms with Crippen LogP contribution in [0.1, 0.15) is 23.7 Å². The molecule has 138 valence electrons. The molecule has 1 aromatic carbocycles. The van der Waals surface area contributed by atoms with Gasteiger partial charge in [0.15, 0.2) is 0 Å². The van der Waals surface area contributed by atoms with Crippen LogP contribution < -0.4 is 0 Å². The quantitative estimate of drug-likeness (QED) is 0.533. The number of carbonyl (C=O) groups is 2. The Morgan fingerprint density at radius 1 is 1.36 bits per heavy atom. The van der Waals surface area contributed by atoms with Crippen molar-refractivity contribution in [1.29, 1.82) is 0 Å². The summed E-state index contributed by atoms with van der Waals surface area (Å²) in [6.07, 6.45) is 0.916. The lowest BCUT2D eigenvalue weighted by Gasteiger charge is -2.19. The number of hydrogen-bond donors (Lipinski definition) is 1. The number of rotatable bonds is 9. The maximum absolute atomic E-state index is 12.8. The van der Waals surface area contributed by atoms with Gasteiger partial charge in [-0.25, -0.2) is 0 Å². The van der Waals surface area contributed by atoms with E-state index in [1.54, 1.807) is 26.2 Å². The van der Waals surface area contributed by atoms with Crippen molar-refractivity contribution in [2.45, 2.75) is 23.5 Å². The highest BCUT2D eigenvalue weighted by atomic mass is 32.2. The minimum atomic E-state index is -0.887. The number of hydrogen-bond acceptors (Lipinski definition) is 5. The van der Waals surface area contributed by atoms with E-state index in [-0.39, 0.29) is 5.91 Å². The lowest BCUT2D eigenvalue weighted by molar-refractivity contribution is -0.136. The number of methoxy groups -OCH3 is 1. The summed E-state index contributed by atoms with van der Waals surface area (Å²) in [5.74, 6) is -0.597. The van der Waals surface area contributed by atoms with E-state index in [2.05, 4.69) is 0 Å². The smallest absolute Gasteiger partial charge is 0.316 e. The van der Waals surface area contributed by atoms with Crippen LogP contribution in [0.15, 0.2) is 29.2 Å². The van der Waals surface area contributed by atoms with Crippen molar-refractivity contribution >= 4 is 23.6 Å². The second kappa shape index (κ2) is 9.79. The number of carboxylic acid groups (broad SMARTS) is 1. The van der Waals surface area contributed by atoms with Crippen LogP contribution >= 0.6 is 11.8 Å². The molecule has 7 heteroatoms. The van der Waals surface area contributed by atoms with Crippen molar-refractivity contribution in [3.8, 4) is 0 Å². The fourth-order valence-corrected chi connectivity index (χ4v) is 3.62. The van der Waals surface area contributed by atoms with Crippen LogP contribution in [-0.4, -0.2) is 67.2 Å². The van der Waals surface area contributed by atoms with Crippen molar-refractivity contribution < 1.29 is 24.2 Å². The van der Waals surface area contributed by atoms with E-state index >= 15 is 0 Å².